The van der Waals surface area contributed by atoms with E-state index in [1.54, 1.807) is 48.8 Å². The van der Waals surface area contributed by atoms with E-state index in [1.165, 1.54) is 23.8 Å². The van der Waals surface area contributed by atoms with Crippen LogP contribution in [0.1, 0.15) is 21.9 Å². The number of aromatic nitrogens is 2. The molecule has 2 unspecified atom stereocenters. The van der Waals surface area contributed by atoms with Gasteiger partial charge < -0.3 is 10.1 Å². The normalized spacial score (nSPS) is 19.6. The average Bonchev–Trinajstić information content (AvgIpc) is 3.43. The van der Waals surface area contributed by atoms with Crippen LogP contribution in [0.3, 0.4) is 0 Å². The molecule has 4 heterocycles. The number of amides is 3. The van der Waals surface area contributed by atoms with E-state index < -0.39 is 58.0 Å². The van der Waals surface area contributed by atoms with Crippen molar-refractivity contribution in [2.75, 3.05) is 17.3 Å². The standard InChI is InChI=1S/C29H21F3N4O5S2/c1-41-19-9-7-18(8-10-19)36-25(38)22-21(15-4-3-11-33-13-15)24-27(42-23(22)26(36)39)35(28(40)43-24)14-20(37)34-17-6-2-5-16(12-17)29(30,31)32/h2-13,21-23H,14H2,1H3,(H,34,37)/t21-,22?,23?/m1/s1. The quantitative estimate of drug-likeness (QED) is 0.307. The summed E-state index contributed by atoms with van der Waals surface area (Å²) in [5.41, 5.74) is -0.0118. The number of imide groups is 1. The van der Waals surface area contributed by atoms with Gasteiger partial charge in [-0.3, -0.25) is 28.7 Å². The number of methoxy groups -OCH3 is 1. The number of thioether (sulfide) groups is 1. The van der Waals surface area contributed by atoms with Gasteiger partial charge in [-0.05, 0) is 54.1 Å². The molecule has 2 aliphatic rings. The lowest BCUT2D eigenvalue weighted by molar-refractivity contribution is -0.137. The highest BCUT2D eigenvalue weighted by Crippen LogP contribution is 2.53. The molecule has 14 heteroatoms. The molecule has 43 heavy (non-hydrogen) atoms. The fourth-order valence-corrected chi connectivity index (χ4v) is 8.05. The van der Waals surface area contributed by atoms with Gasteiger partial charge in [0.1, 0.15) is 17.5 Å². The molecule has 1 N–H and O–H groups in total. The van der Waals surface area contributed by atoms with Crippen molar-refractivity contribution in [2.24, 2.45) is 5.92 Å². The zero-order valence-electron chi connectivity index (χ0n) is 22.2. The predicted molar refractivity (Wildman–Crippen MR) is 153 cm³/mol. The first-order valence-electron chi connectivity index (χ1n) is 12.9. The molecule has 2 aromatic heterocycles. The maximum absolute atomic E-state index is 13.9. The highest BCUT2D eigenvalue weighted by molar-refractivity contribution is 8.00. The Morgan fingerprint density at radius 3 is 2.49 bits per heavy atom. The summed E-state index contributed by atoms with van der Waals surface area (Å²) in [7, 11) is 1.50. The minimum Gasteiger partial charge on any atom is -0.497 e. The molecular formula is C29H21F3N4O5S2. The Hall–Kier alpha value is -4.43. The van der Waals surface area contributed by atoms with Crippen LogP contribution in [-0.2, 0) is 27.1 Å². The third-order valence-corrected chi connectivity index (χ3v) is 9.80. The Morgan fingerprint density at radius 2 is 1.81 bits per heavy atom. The SMILES string of the molecule is COc1ccc(N2C(=O)C3Sc4c(sc(=O)n4CC(=O)Nc4cccc(C(F)(F)F)c4)[C@H](c4cccnc4)C3C2=O)cc1. The lowest BCUT2D eigenvalue weighted by atomic mass is 9.84. The summed E-state index contributed by atoms with van der Waals surface area (Å²) in [6.45, 7) is -0.505. The van der Waals surface area contributed by atoms with Crippen LogP contribution < -0.4 is 19.8 Å². The zero-order chi connectivity index (χ0) is 30.5. The van der Waals surface area contributed by atoms with E-state index in [0.717, 1.165) is 40.1 Å². The number of nitrogens with one attached hydrogen (secondary N) is 1. The highest BCUT2D eigenvalue weighted by atomic mass is 32.2. The van der Waals surface area contributed by atoms with E-state index in [0.29, 0.717) is 26.9 Å². The minimum atomic E-state index is -4.59. The van der Waals surface area contributed by atoms with Crippen molar-refractivity contribution in [3.8, 4) is 5.75 Å². The summed E-state index contributed by atoms with van der Waals surface area (Å²) in [5.74, 6) is -2.61. The van der Waals surface area contributed by atoms with Crippen LogP contribution in [0.2, 0.25) is 0 Å². The third-order valence-electron chi connectivity index (χ3n) is 7.20. The Balaban J connectivity index is 1.36. The van der Waals surface area contributed by atoms with E-state index in [2.05, 4.69) is 10.3 Å². The molecule has 220 valence electrons. The Kier molecular flexibility index (Phi) is 7.34. The van der Waals surface area contributed by atoms with Crippen LogP contribution in [0.15, 0.2) is 82.9 Å². The van der Waals surface area contributed by atoms with Gasteiger partial charge in [-0.15, -0.1) is 0 Å². The minimum absolute atomic E-state index is 0.0791. The third kappa shape index (κ3) is 5.20. The molecule has 1 saturated heterocycles. The summed E-state index contributed by atoms with van der Waals surface area (Å²) in [5, 5.41) is 1.86. The second-order valence-corrected chi connectivity index (χ2v) is 11.9. The number of rotatable bonds is 6. The van der Waals surface area contributed by atoms with Gasteiger partial charge in [0.2, 0.25) is 17.7 Å². The number of benzene rings is 2. The number of alkyl halides is 3. The molecule has 4 aromatic rings. The Labute approximate surface area is 250 Å². The summed E-state index contributed by atoms with van der Waals surface area (Å²) < 4.78 is 45.8. The van der Waals surface area contributed by atoms with Crippen LogP contribution in [0, 0.1) is 5.92 Å². The first-order chi connectivity index (χ1) is 20.6. The molecule has 2 aromatic carbocycles. The maximum atomic E-state index is 13.9. The van der Waals surface area contributed by atoms with Gasteiger partial charge in [-0.25, -0.2) is 4.90 Å². The number of fused-ring (bicyclic) bond motifs is 2. The number of anilines is 2. The summed E-state index contributed by atoms with van der Waals surface area (Å²) in [6.07, 6.45) is -1.45. The van der Waals surface area contributed by atoms with Gasteiger partial charge in [0, 0.05) is 28.9 Å². The monoisotopic (exact) mass is 626 g/mol. The molecule has 3 amide bonds. The van der Waals surface area contributed by atoms with Crippen molar-refractivity contribution in [1.29, 1.82) is 0 Å². The number of carbonyl (C=O) groups excluding carboxylic acids is 3. The van der Waals surface area contributed by atoms with Crippen molar-refractivity contribution in [2.45, 2.75) is 28.9 Å². The fraction of sp³-hybridized carbons (Fsp3) is 0.207. The molecule has 0 spiro atoms. The zero-order valence-corrected chi connectivity index (χ0v) is 23.8. The van der Waals surface area contributed by atoms with Crippen molar-refractivity contribution < 1.29 is 32.3 Å². The molecule has 1 fully saturated rings. The maximum Gasteiger partial charge on any atom is 0.416 e. The van der Waals surface area contributed by atoms with Gasteiger partial charge >= 0.3 is 11.0 Å². The van der Waals surface area contributed by atoms with E-state index in [4.69, 9.17) is 4.74 Å². The Bertz CT molecular complexity index is 1790. The smallest absolute Gasteiger partial charge is 0.416 e. The van der Waals surface area contributed by atoms with Crippen molar-refractivity contribution in [3.05, 3.63) is 98.7 Å². The van der Waals surface area contributed by atoms with E-state index >= 15 is 0 Å². The number of hydrogen-bond donors (Lipinski definition) is 1. The van der Waals surface area contributed by atoms with Crippen molar-refractivity contribution >= 4 is 52.2 Å². The number of carbonyl (C=O) groups is 3. The topological polar surface area (TPSA) is 111 Å². The molecule has 3 atom stereocenters. The first-order valence-corrected chi connectivity index (χ1v) is 14.6. The first kappa shape index (κ1) is 28.7. The van der Waals surface area contributed by atoms with E-state index in [1.807, 2.05) is 0 Å². The largest absolute Gasteiger partial charge is 0.497 e. The molecule has 6 rings (SSSR count). The number of ether oxygens (including phenoxy) is 1. The van der Waals surface area contributed by atoms with Crippen molar-refractivity contribution in [3.63, 3.8) is 0 Å². The van der Waals surface area contributed by atoms with Gasteiger partial charge in [-0.2, -0.15) is 13.2 Å². The summed E-state index contributed by atoms with van der Waals surface area (Å²) >= 11 is 1.89. The molecule has 0 saturated carbocycles. The molecular weight excluding hydrogens is 605 g/mol. The van der Waals surface area contributed by atoms with Crippen LogP contribution in [0.4, 0.5) is 24.5 Å². The molecule has 0 aliphatic carbocycles. The lowest BCUT2D eigenvalue weighted by Gasteiger charge is -2.30. The average molecular weight is 627 g/mol. The summed E-state index contributed by atoms with van der Waals surface area (Å²) in [6, 6.07) is 14.1. The number of pyridine rings is 1. The fourth-order valence-electron chi connectivity index (χ4n) is 5.28. The molecule has 2 aliphatic heterocycles. The second kappa shape index (κ2) is 11.0. The second-order valence-electron chi connectivity index (χ2n) is 9.79. The van der Waals surface area contributed by atoms with E-state index in [-0.39, 0.29) is 5.69 Å². The van der Waals surface area contributed by atoms with Crippen LogP contribution in [0.5, 0.6) is 5.75 Å². The van der Waals surface area contributed by atoms with Gasteiger partial charge in [0.25, 0.3) is 0 Å². The van der Waals surface area contributed by atoms with Crippen LogP contribution in [-0.4, -0.2) is 39.6 Å². The number of thiazole rings is 1. The van der Waals surface area contributed by atoms with E-state index in [9.17, 15) is 32.3 Å². The van der Waals surface area contributed by atoms with Crippen LogP contribution in [0.25, 0.3) is 0 Å². The summed E-state index contributed by atoms with van der Waals surface area (Å²) in [4.78, 5) is 59.1. The van der Waals surface area contributed by atoms with Gasteiger partial charge in [0.15, 0.2) is 0 Å². The molecule has 0 radical (unpaired) electrons. The van der Waals surface area contributed by atoms with Gasteiger partial charge in [-0.1, -0.05) is 35.2 Å². The Morgan fingerprint density at radius 1 is 1.05 bits per heavy atom. The van der Waals surface area contributed by atoms with Crippen molar-refractivity contribution in [1.82, 2.24) is 9.55 Å². The molecule has 9 nitrogen and oxygen atoms in total. The van der Waals surface area contributed by atoms with Gasteiger partial charge in [0.05, 0.1) is 29.3 Å². The number of nitrogens with zero attached hydrogens (tertiary/aromatic N) is 3. The van der Waals surface area contributed by atoms with Crippen LogP contribution >= 0.6 is 23.1 Å². The number of hydrogen-bond acceptors (Lipinski definition) is 8. The lowest BCUT2D eigenvalue weighted by Crippen LogP contribution is -2.33. The molecule has 0 bridgehead atoms. The predicted octanol–water partition coefficient (Wildman–Crippen LogP) is 4.77. The highest BCUT2D eigenvalue weighted by Gasteiger charge is 2.57. The number of halogens is 3.